The first-order valence-electron chi connectivity index (χ1n) is 4.73. The highest BCUT2D eigenvalue weighted by molar-refractivity contribution is 4.84. The maximum Gasteiger partial charge on any atom is 0.0799 e. The molecule has 1 nitrogen and oxygen atoms in total. The van der Waals surface area contributed by atoms with Crippen LogP contribution in [0.4, 0.5) is 0 Å². The van der Waals surface area contributed by atoms with Crippen molar-refractivity contribution in [1.29, 1.82) is 0 Å². The van der Waals surface area contributed by atoms with Crippen LogP contribution >= 0.6 is 0 Å². The highest BCUT2D eigenvalue weighted by Gasteiger charge is 2.43. The van der Waals surface area contributed by atoms with E-state index in [1.165, 1.54) is 19.6 Å². The monoisotopic (exact) mass is 217 g/mol. The van der Waals surface area contributed by atoms with E-state index in [9.17, 15) is 0 Å². The summed E-state index contributed by atoms with van der Waals surface area (Å²) >= 11 is 0. The molecule has 1 saturated carbocycles. The molecule has 1 aliphatic carbocycles. The standard InChI is InChI=1S/C9H15N.BrH/c1-7-2-9-3-8(1)5-10(4-7)6-9;/h7-9H,1-6H2;1H. The first-order chi connectivity index (χ1) is 4.90. The average molecular weight is 218 g/mol. The molecular formula is C9H16BrN. The minimum absolute atomic E-state index is 0. The molecule has 11 heavy (non-hydrogen) atoms. The van der Waals surface area contributed by atoms with E-state index in [1.807, 2.05) is 4.90 Å². The number of hydrogen-bond donors (Lipinski definition) is 1. The maximum absolute atomic E-state index is 1.93. The van der Waals surface area contributed by atoms with Crippen molar-refractivity contribution in [3.8, 4) is 0 Å². The van der Waals surface area contributed by atoms with Crippen LogP contribution in [0.1, 0.15) is 19.3 Å². The smallest absolute Gasteiger partial charge is 0.0799 e. The second-order valence-corrected chi connectivity index (χ2v) is 4.67. The molecule has 3 aliphatic heterocycles. The van der Waals surface area contributed by atoms with Gasteiger partial charge < -0.3 is 21.9 Å². The van der Waals surface area contributed by atoms with Gasteiger partial charge in [0.2, 0.25) is 0 Å². The van der Waals surface area contributed by atoms with E-state index >= 15 is 0 Å². The summed E-state index contributed by atoms with van der Waals surface area (Å²) in [5.74, 6) is 3.42. The summed E-state index contributed by atoms with van der Waals surface area (Å²) in [7, 11) is 0. The van der Waals surface area contributed by atoms with Gasteiger partial charge in [-0.05, 0) is 19.3 Å². The van der Waals surface area contributed by atoms with Crippen molar-refractivity contribution in [2.45, 2.75) is 19.3 Å². The normalized spacial score (nSPS) is 52.4. The Bertz CT molecular complexity index is 101. The predicted octanol–water partition coefficient (Wildman–Crippen LogP) is -3.06. The number of hydrogen-bond acceptors (Lipinski definition) is 0. The molecule has 3 heterocycles. The first kappa shape index (κ1) is 8.06. The van der Waals surface area contributed by atoms with Crippen LogP contribution < -0.4 is 21.9 Å². The van der Waals surface area contributed by atoms with Crippen molar-refractivity contribution in [2.24, 2.45) is 17.8 Å². The van der Waals surface area contributed by atoms with Crippen LogP contribution in [0.5, 0.6) is 0 Å². The largest absolute Gasteiger partial charge is 1.00 e. The van der Waals surface area contributed by atoms with Crippen LogP contribution in [0, 0.1) is 17.8 Å². The predicted molar refractivity (Wildman–Crippen MR) is 39.9 cm³/mol. The number of piperidine rings is 3. The van der Waals surface area contributed by atoms with E-state index in [4.69, 9.17) is 0 Å². The third-order valence-electron chi connectivity index (χ3n) is 3.73. The molecule has 0 aromatic carbocycles. The molecule has 3 saturated heterocycles. The van der Waals surface area contributed by atoms with Crippen molar-refractivity contribution in [1.82, 2.24) is 0 Å². The van der Waals surface area contributed by atoms with E-state index in [2.05, 4.69) is 0 Å². The van der Waals surface area contributed by atoms with Gasteiger partial charge in [0.05, 0.1) is 19.6 Å². The van der Waals surface area contributed by atoms with Gasteiger partial charge in [0.15, 0.2) is 0 Å². The van der Waals surface area contributed by atoms with Crippen LogP contribution in [0.25, 0.3) is 0 Å². The second kappa shape index (κ2) is 2.74. The van der Waals surface area contributed by atoms with Crippen LogP contribution in [-0.4, -0.2) is 19.6 Å². The lowest BCUT2D eigenvalue weighted by Crippen LogP contribution is -3.17. The molecular weight excluding hydrogens is 202 g/mol. The van der Waals surface area contributed by atoms with E-state index in [-0.39, 0.29) is 17.0 Å². The number of nitrogens with one attached hydrogen (secondary N) is 1. The van der Waals surface area contributed by atoms with Gasteiger partial charge in [0.1, 0.15) is 0 Å². The summed E-state index contributed by atoms with van der Waals surface area (Å²) in [6.07, 6.45) is 4.75. The van der Waals surface area contributed by atoms with Crippen LogP contribution in [-0.2, 0) is 0 Å². The van der Waals surface area contributed by atoms with Gasteiger partial charge in [-0.15, -0.1) is 0 Å². The Morgan fingerprint density at radius 3 is 1.36 bits per heavy atom. The number of rotatable bonds is 0. The molecule has 64 valence electrons. The molecule has 0 atom stereocenters. The Balaban J connectivity index is 0.000000480. The molecule has 0 spiro atoms. The number of halogens is 1. The summed E-state index contributed by atoms with van der Waals surface area (Å²) in [5.41, 5.74) is 0. The zero-order valence-corrected chi connectivity index (χ0v) is 8.44. The molecule has 0 radical (unpaired) electrons. The molecule has 2 heteroatoms. The van der Waals surface area contributed by atoms with Gasteiger partial charge in [0, 0.05) is 17.8 Å². The first-order valence-corrected chi connectivity index (χ1v) is 4.73. The SMILES string of the molecule is C1C2CC3CC1C[NH+](C2)C3.[Br-]. The molecule has 1 N–H and O–H groups in total. The molecule has 0 aromatic heterocycles. The van der Waals surface area contributed by atoms with Crippen LogP contribution in [0.15, 0.2) is 0 Å². The fraction of sp³-hybridized carbons (Fsp3) is 1.00. The Labute approximate surface area is 78.9 Å². The summed E-state index contributed by atoms with van der Waals surface area (Å²) in [6.45, 7) is 4.56. The van der Waals surface area contributed by atoms with Gasteiger partial charge in [-0.3, -0.25) is 0 Å². The Hall–Kier alpha value is 0.440. The van der Waals surface area contributed by atoms with Crippen LogP contribution in [0.2, 0.25) is 0 Å². The molecule has 4 rings (SSSR count). The fourth-order valence-corrected chi connectivity index (χ4v) is 3.68. The van der Waals surface area contributed by atoms with Gasteiger partial charge in [-0.2, -0.15) is 0 Å². The maximum atomic E-state index is 1.93. The summed E-state index contributed by atoms with van der Waals surface area (Å²) in [6, 6.07) is 0. The molecule has 4 aliphatic rings. The summed E-state index contributed by atoms with van der Waals surface area (Å²) in [5, 5.41) is 0. The molecule has 4 fully saturated rings. The second-order valence-electron chi connectivity index (χ2n) is 4.67. The topological polar surface area (TPSA) is 4.44 Å². The van der Waals surface area contributed by atoms with Gasteiger partial charge in [-0.1, -0.05) is 0 Å². The molecule has 4 bridgehead atoms. The minimum Gasteiger partial charge on any atom is -1.00 e. The van der Waals surface area contributed by atoms with E-state index < -0.39 is 0 Å². The van der Waals surface area contributed by atoms with Gasteiger partial charge >= 0.3 is 0 Å². The van der Waals surface area contributed by atoms with Crippen LogP contribution in [0.3, 0.4) is 0 Å². The lowest BCUT2D eigenvalue weighted by molar-refractivity contribution is -0.929. The molecule has 0 amide bonds. The van der Waals surface area contributed by atoms with Crippen molar-refractivity contribution >= 4 is 0 Å². The summed E-state index contributed by atoms with van der Waals surface area (Å²) < 4.78 is 0. The highest BCUT2D eigenvalue weighted by Crippen LogP contribution is 2.36. The van der Waals surface area contributed by atoms with E-state index in [1.54, 1.807) is 19.3 Å². The summed E-state index contributed by atoms with van der Waals surface area (Å²) in [4.78, 5) is 1.93. The van der Waals surface area contributed by atoms with E-state index in [0.717, 1.165) is 17.8 Å². The zero-order chi connectivity index (χ0) is 6.55. The fourth-order valence-electron chi connectivity index (χ4n) is 3.68. The Kier molecular flexibility index (Phi) is 2.00. The Morgan fingerprint density at radius 2 is 1.09 bits per heavy atom. The number of quaternary nitrogens is 1. The average Bonchev–Trinajstić information content (AvgIpc) is 1.82. The lowest BCUT2D eigenvalue weighted by Gasteiger charge is -2.48. The van der Waals surface area contributed by atoms with E-state index in [0.29, 0.717) is 0 Å². The van der Waals surface area contributed by atoms with Crippen molar-refractivity contribution in [3.05, 3.63) is 0 Å². The van der Waals surface area contributed by atoms with Gasteiger partial charge in [0.25, 0.3) is 0 Å². The zero-order valence-electron chi connectivity index (χ0n) is 6.85. The lowest BCUT2D eigenvalue weighted by atomic mass is 9.68. The van der Waals surface area contributed by atoms with Crippen molar-refractivity contribution in [3.63, 3.8) is 0 Å². The quantitative estimate of drug-likeness (QED) is 0.440. The highest BCUT2D eigenvalue weighted by atomic mass is 79.9. The van der Waals surface area contributed by atoms with Crippen molar-refractivity contribution in [2.75, 3.05) is 19.6 Å². The molecule has 0 aromatic rings. The van der Waals surface area contributed by atoms with Gasteiger partial charge in [-0.25, -0.2) is 0 Å². The van der Waals surface area contributed by atoms with Crippen molar-refractivity contribution < 1.29 is 21.9 Å². The molecule has 0 unspecified atom stereocenters. The minimum atomic E-state index is 0. The third kappa shape index (κ3) is 1.25. The third-order valence-corrected chi connectivity index (χ3v) is 3.73. The Morgan fingerprint density at radius 1 is 0.727 bits per heavy atom.